The molecule has 0 aromatic rings. The topological polar surface area (TPSA) is 38.3 Å². The van der Waals surface area contributed by atoms with Crippen molar-refractivity contribution in [3.05, 3.63) is 0 Å². The third-order valence-electron chi connectivity index (χ3n) is 2.92. The third kappa shape index (κ3) is 6.18. The average Bonchev–Trinajstić information content (AvgIpc) is 2.15. The Morgan fingerprint density at radius 3 is 2.18 bits per heavy atom. The molecule has 3 heteroatoms. The quantitative estimate of drug-likeness (QED) is 0.747. The Kier molecular flexibility index (Phi) is 6.35. The maximum Gasteiger partial charge on any atom is 0.143 e. The molecule has 0 aliphatic carbocycles. The lowest BCUT2D eigenvalue weighted by Crippen LogP contribution is -2.36. The number of ketones is 1. The first-order valence-corrected chi connectivity index (χ1v) is 6.42. The van der Waals surface area contributed by atoms with E-state index >= 15 is 0 Å². The van der Waals surface area contributed by atoms with Crippen LogP contribution in [0.2, 0.25) is 0 Å². The highest BCUT2D eigenvalue weighted by Gasteiger charge is 2.35. The van der Waals surface area contributed by atoms with Gasteiger partial charge in [-0.1, -0.05) is 34.6 Å². The number of hydrogen-bond acceptors (Lipinski definition) is 3. The zero-order chi connectivity index (χ0) is 13.7. The molecule has 0 aromatic heterocycles. The van der Waals surface area contributed by atoms with Crippen molar-refractivity contribution in [3.63, 3.8) is 0 Å². The van der Waals surface area contributed by atoms with Gasteiger partial charge in [0.25, 0.3) is 0 Å². The fraction of sp³-hybridized carbons (Fsp3) is 0.929. The first kappa shape index (κ1) is 16.6. The summed E-state index contributed by atoms with van der Waals surface area (Å²) in [5.41, 5.74) is -0.586. The Morgan fingerprint density at radius 1 is 1.24 bits per heavy atom. The van der Waals surface area contributed by atoms with Gasteiger partial charge in [0, 0.05) is 24.0 Å². The number of nitrogens with one attached hydrogen (secondary N) is 1. The Labute approximate surface area is 106 Å². The summed E-state index contributed by atoms with van der Waals surface area (Å²) in [6, 6.07) is 0. The minimum atomic E-state index is -0.308. The van der Waals surface area contributed by atoms with Crippen molar-refractivity contribution in [2.24, 2.45) is 10.8 Å². The van der Waals surface area contributed by atoms with E-state index < -0.39 is 0 Å². The molecule has 0 saturated carbocycles. The highest BCUT2D eigenvalue weighted by Crippen LogP contribution is 2.31. The lowest BCUT2D eigenvalue weighted by atomic mass is 9.73. The van der Waals surface area contributed by atoms with Crippen LogP contribution in [0.3, 0.4) is 0 Å². The van der Waals surface area contributed by atoms with Gasteiger partial charge in [-0.05, 0) is 20.4 Å². The van der Waals surface area contributed by atoms with Gasteiger partial charge in [-0.15, -0.1) is 0 Å². The van der Waals surface area contributed by atoms with Crippen LogP contribution in [0.4, 0.5) is 0 Å². The molecule has 102 valence electrons. The van der Waals surface area contributed by atoms with Crippen molar-refractivity contribution in [3.8, 4) is 0 Å². The summed E-state index contributed by atoms with van der Waals surface area (Å²) >= 11 is 0. The van der Waals surface area contributed by atoms with Crippen molar-refractivity contribution in [2.45, 2.75) is 54.1 Å². The number of hydrogen-bond donors (Lipinski definition) is 1. The Hall–Kier alpha value is -0.410. The second-order valence-corrected chi connectivity index (χ2v) is 6.45. The van der Waals surface area contributed by atoms with Gasteiger partial charge in [0.1, 0.15) is 5.78 Å². The summed E-state index contributed by atoms with van der Waals surface area (Å²) in [7, 11) is 1.91. The largest absolute Gasteiger partial charge is 0.377 e. The van der Waals surface area contributed by atoms with Gasteiger partial charge in [0.05, 0.1) is 6.10 Å². The van der Waals surface area contributed by atoms with Gasteiger partial charge in [-0.25, -0.2) is 0 Å². The first-order chi connectivity index (χ1) is 7.61. The second-order valence-electron chi connectivity index (χ2n) is 6.45. The molecule has 0 aliphatic rings. The van der Waals surface area contributed by atoms with Crippen molar-refractivity contribution in [2.75, 3.05) is 20.2 Å². The molecule has 3 nitrogen and oxygen atoms in total. The normalized spacial score (nSPS) is 14.8. The molecule has 0 fully saturated rings. The van der Waals surface area contributed by atoms with Gasteiger partial charge >= 0.3 is 0 Å². The van der Waals surface area contributed by atoms with Crippen LogP contribution in [0.1, 0.15) is 48.0 Å². The summed E-state index contributed by atoms with van der Waals surface area (Å²) in [6.07, 6.45) is 0.970. The zero-order valence-electron chi connectivity index (χ0n) is 12.5. The van der Waals surface area contributed by atoms with Gasteiger partial charge in [-0.3, -0.25) is 4.79 Å². The maximum absolute atomic E-state index is 12.2. The number of ether oxygens (including phenoxy) is 1. The predicted molar refractivity (Wildman–Crippen MR) is 72.2 cm³/mol. The third-order valence-corrected chi connectivity index (χ3v) is 2.92. The van der Waals surface area contributed by atoms with Crippen molar-refractivity contribution >= 4 is 5.78 Å². The van der Waals surface area contributed by atoms with E-state index in [0.717, 1.165) is 13.0 Å². The van der Waals surface area contributed by atoms with Crippen LogP contribution >= 0.6 is 0 Å². The first-order valence-electron chi connectivity index (χ1n) is 6.42. The van der Waals surface area contributed by atoms with Crippen LogP contribution in [-0.2, 0) is 9.53 Å². The lowest BCUT2D eigenvalue weighted by molar-refractivity contribution is -0.136. The van der Waals surface area contributed by atoms with Crippen molar-refractivity contribution in [1.82, 2.24) is 5.32 Å². The van der Waals surface area contributed by atoms with E-state index in [-0.39, 0.29) is 16.9 Å². The molecule has 0 saturated heterocycles. The van der Waals surface area contributed by atoms with Crippen LogP contribution < -0.4 is 5.32 Å². The van der Waals surface area contributed by atoms with E-state index in [1.54, 1.807) is 0 Å². The van der Waals surface area contributed by atoms with Gasteiger partial charge in [0.15, 0.2) is 0 Å². The molecule has 1 atom stereocenters. The fourth-order valence-corrected chi connectivity index (χ4v) is 1.99. The number of likely N-dealkylation sites (N-methyl/N-ethyl adjacent to an activating group) is 1. The molecule has 0 amide bonds. The molecular formula is C14H29NO2. The molecule has 17 heavy (non-hydrogen) atoms. The predicted octanol–water partition coefficient (Wildman–Crippen LogP) is 2.64. The maximum atomic E-state index is 12.2. The molecular weight excluding hydrogens is 214 g/mol. The van der Waals surface area contributed by atoms with Crippen molar-refractivity contribution in [1.29, 1.82) is 0 Å². The van der Waals surface area contributed by atoms with E-state index in [9.17, 15) is 4.79 Å². The van der Waals surface area contributed by atoms with Crippen LogP contribution in [0.25, 0.3) is 0 Å². The van der Waals surface area contributed by atoms with Crippen molar-refractivity contribution < 1.29 is 9.53 Å². The van der Waals surface area contributed by atoms with Gasteiger partial charge < -0.3 is 10.1 Å². The average molecular weight is 243 g/mol. The van der Waals surface area contributed by atoms with E-state index in [2.05, 4.69) is 5.32 Å². The van der Waals surface area contributed by atoms with E-state index in [4.69, 9.17) is 4.74 Å². The minimum Gasteiger partial charge on any atom is -0.377 e. The Morgan fingerprint density at radius 2 is 1.76 bits per heavy atom. The van der Waals surface area contributed by atoms with Crippen LogP contribution in [0.5, 0.6) is 0 Å². The summed E-state index contributed by atoms with van der Waals surface area (Å²) in [4.78, 5) is 12.2. The smallest absolute Gasteiger partial charge is 0.143 e. The standard InChI is InChI=1S/C14H29NO2/c1-11(10-15-7)17-9-8-14(5,6)12(16)13(2,3)4/h11,15H,8-10H2,1-7H3. The van der Waals surface area contributed by atoms with E-state index in [1.165, 1.54) is 0 Å². The number of rotatable bonds is 7. The highest BCUT2D eigenvalue weighted by molar-refractivity contribution is 5.88. The van der Waals surface area contributed by atoms with Crippen LogP contribution in [-0.4, -0.2) is 32.1 Å². The monoisotopic (exact) mass is 243 g/mol. The molecule has 1 unspecified atom stereocenters. The molecule has 1 N–H and O–H groups in total. The number of Topliss-reactive ketones (excluding diaryl/α,β-unsaturated/α-hetero) is 1. The van der Waals surface area contributed by atoms with Gasteiger partial charge in [-0.2, -0.15) is 0 Å². The van der Waals surface area contributed by atoms with Crippen LogP contribution in [0, 0.1) is 10.8 Å². The molecule has 0 heterocycles. The molecule has 0 rings (SSSR count). The Balaban J connectivity index is 4.15. The fourth-order valence-electron chi connectivity index (χ4n) is 1.99. The number of carbonyl (C=O) groups is 1. The molecule has 0 aliphatic heterocycles. The SMILES string of the molecule is CNCC(C)OCCC(C)(C)C(=O)C(C)(C)C. The van der Waals surface area contributed by atoms with E-state index in [0.29, 0.717) is 12.4 Å². The molecule has 0 spiro atoms. The summed E-state index contributed by atoms with van der Waals surface area (Å²) < 4.78 is 5.67. The summed E-state index contributed by atoms with van der Waals surface area (Å²) in [5.74, 6) is 0.301. The number of carbonyl (C=O) groups excluding carboxylic acids is 1. The Bertz CT molecular complexity index is 241. The lowest BCUT2D eigenvalue weighted by Gasteiger charge is -2.31. The highest BCUT2D eigenvalue weighted by atomic mass is 16.5. The van der Waals surface area contributed by atoms with Crippen LogP contribution in [0.15, 0.2) is 0 Å². The molecule has 0 radical (unpaired) electrons. The zero-order valence-corrected chi connectivity index (χ0v) is 12.5. The minimum absolute atomic E-state index is 0.195. The summed E-state index contributed by atoms with van der Waals surface area (Å²) in [6.45, 7) is 13.4. The second kappa shape index (κ2) is 6.50. The summed E-state index contributed by atoms with van der Waals surface area (Å²) in [5, 5.41) is 3.07. The molecule has 0 aromatic carbocycles. The van der Waals surface area contributed by atoms with Gasteiger partial charge in [0.2, 0.25) is 0 Å². The molecule has 0 bridgehead atoms. The van der Waals surface area contributed by atoms with E-state index in [1.807, 2.05) is 48.6 Å².